The predicted octanol–water partition coefficient (Wildman–Crippen LogP) is 14.9. The Balaban J connectivity index is 1.41. The van der Waals surface area contributed by atoms with Crippen LogP contribution in [0, 0.1) is 0 Å². The van der Waals surface area contributed by atoms with E-state index in [2.05, 4.69) is 182 Å². The third-order valence-corrected chi connectivity index (χ3v) is 12.2. The maximum atomic E-state index is 2.57. The summed E-state index contributed by atoms with van der Waals surface area (Å²) in [6.45, 7) is 18.8. The molecule has 0 heterocycles. The highest BCUT2D eigenvalue weighted by Crippen LogP contribution is 2.52. The van der Waals surface area contributed by atoms with Crippen LogP contribution in [0.5, 0.6) is 0 Å². The second-order valence-electron chi connectivity index (χ2n) is 18.1. The average molecular weight is 682 g/mol. The van der Waals surface area contributed by atoms with Crippen LogP contribution in [0.4, 0.5) is 17.1 Å². The smallest absolute Gasteiger partial charge is 0.0540 e. The Morgan fingerprint density at radius 1 is 0.519 bits per heavy atom. The Bertz CT molecular complexity index is 2240. The molecule has 0 aromatic heterocycles. The summed E-state index contributed by atoms with van der Waals surface area (Å²) < 4.78 is 0. The van der Waals surface area contributed by atoms with Crippen LogP contribution in [0.25, 0.3) is 33.0 Å². The standard InChI is InChI=1S/C51H55N/c1-49(2,3)36-30-37(50(4,5)6)32-39(31-36)52(38-28-29-42-41-22-12-14-26-45(41)51(7,8)46(42)33-38)47-27-15-13-23-43(47)44-25-17-21-35-20-16-24-40(48(35)44)34-18-10-9-11-19-34/h12-17,20-34H,9-11,18-19H2,1-8H3. The monoisotopic (exact) mass is 681 g/mol. The van der Waals surface area contributed by atoms with Gasteiger partial charge in [-0.2, -0.15) is 0 Å². The van der Waals surface area contributed by atoms with E-state index in [1.807, 2.05) is 0 Å². The number of hydrogen-bond donors (Lipinski definition) is 0. The van der Waals surface area contributed by atoms with Crippen LogP contribution in [0.1, 0.15) is 121 Å². The molecular formula is C51H55N. The number of anilines is 3. The predicted molar refractivity (Wildman–Crippen MR) is 225 cm³/mol. The lowest BCUT2D eigenvalue weighted by Gasteiger charge is -2.33. The summed E-state index contributed by atoms with van der Waals surface area (Å²) in [6, 6.07) is 46.7. The summed E-state index contributed by atoms with van der Waals surface area (Å²) in [5.74, 6) is 0.611. The lowest BCUT2D eigenvalue weighted by Crippen LogP contribution is -2.20. The van der Waals surface area contributed by atoms with Crippen molar-refractivity contribution in [2.75, 3.05) is 4.90 Å². The Labute approximate surface area is 312 Å². The molecule has 0 amide bonds. The highest BCUT2D eigenvalue weighted by Gasteiger charge is 2.36. The van der Waals surface area contributed by atoms with Gasteiger partial charge >= 0.3 is 0 Å². The fraction of sp³-hybridized carbons (Fsp3) is 0.333. The molecule has 1 heteroatoms. The van der Waals surface area contributed by atoms with Gasteiger partial charge in [0.1, 0.15) is 0 Å². The molecule has 52 heavy (non-hydrogen) atoms. The van der Waals surface area contributed by atoms with Crippen molar-refractivity contribution < 1.29 is 0 Å². The molecule has 264 valence electrons. The quantitative estimate of drug-likeness (QED) is 0.175. The fourth-order valence-electron chi connectivity index (χ4n) is 9.11. The Hall–Kier alpha value is -4.62. The molecule has 2 aliphatic carbocycles. The van der Waals surface area contributed by atoms with E-state index in [9.17, 15) is 0 Å². The van der Waals surface area contributed by atoms with Gasteiger partial charge in [0.15, 0.2) is 0 Å². The van der Waals surface area contributed by atoms with Gasteiger partial charge in [-0.3, -0.25) is 0 Å². The lowest BCUT2D eigenvalue weighted by molar-refractivity contribution is 0.445. The van der Waals surface area contributed by atoms with E-state index < -0.39 is 0 Å². The van der Waals surface area contributed by atoms with Crippen molar-refractivity contribution in [1.29, 1.82) is 0 Å². The van der Waals surface area contributed by atoms with Crippen LogP contribution in [0.15, 0.2) is 121 Å². The normalized spacial score (nSPS) is 15.8. The summed E-state index contributed by atoms with van der Waals surface area (Å²) in [5, 5.41) is 2.76. The van der Waals surface area contributed by atoms with E-state index >= 15 is 0 Å². The van der Waals surface area contributed by atoms with Gasteiger partial charge in [-0.15, -0.1) is 0 Å². The van der Waals surface area contributed by atoms with E-state index in [0.717, 1.165) is 0 Å². The second-order valence-corrected chi connectivity index (χ2v) is 18.1. The van der Waals surface area contributed by atoms with Crippen LogP contribution in [0.3, 0.4) is 0 Å². The van der Waals surface area contributed by atoms with Gasteiger partial charge in [0.2, 0.25) is 0 Å². The van der Waals surface area contributed by atoms with E-state index in [-0.39, 0.29) is 16.2 Å². The average Bonchev–Trinajstić information content (AvgIpc) is 3.36. The summed E-state index contributed by atoms with van der Waals surface area (Å²) in [5.41, 5.74) is 15.9. The number of rotatable bonds is 5. The van der Waals surface area contributed by atoms with Crippen LogP contribution >= 0.6 is 0 Å². The Morgan fingerprint density at radius 2 is 1.12 bits per heavy atom. The molecule has 6 aromatic rings. The van der Waals surface area contributed by atoms with E-state index in [0.29, 0.717) is 5.92 Å². The highest BCUT2D eigenvalue weighted by atomic mass is 15.1. The number of fused-ring (bicyclic) bond motifs is 4. The molecule has 0 saturated heterocycles. The van der Waals surface area contributed by atoms with Crippen LogP contribution < -0.4 is 4.90 Å². The first-order valence-corrected chi connectivity index (χ1v) is 19.6. The fourth-order valence-corrected chi connectivity index (χ4v) is 9.11. The van der Waals surface area contributed by atoms with Crippen molar-refractivity contribution in [3.8, 4) is 22.3 Å². The van der Waals surface area contributed by atoms with Gasteiger partial charge in [-0.1, -0.05) is 166 Å². The van der Waals surface area contributed by atoms with Crippen LogP contribution in [-0.2, 0) is 16.2 Å². The van der Waals surface area contributed by atoms with E-state index in [1.165, 1.54) is 110 Å². The zero-order valence-electron chi connectivity index (χ0n) is 32.6. The molecule has 6 aromatic carbocycles. The molecule has 8 rings (SSSR count). The lowest BCUT2D eigenvalue weighted by atomic mass is 9.79. The first-order valence-electron chi connectivity index (χ1n) is 19.6. The largest absolute Gasteiger partial charge is 0.310 e. The van der Waals surface area contributed by atoms with Gasteiger partial charge < -0.3 is 4.90 Å². The van der Waals surface area contributed by atoms with Crippen molar-refractivity contribution in [3.63, 3.8) is 0 Å². The van der Waals surface area contributed by atoms with Gasteiger partial charge in [0.05, 0.1) is 5.69 Å². The molecule has 0 atom stereocenters. The van der Waals surface area contributed by atoms with Crippen molar-refractivity contribution in [1.82, 2.24) is 0 Å². The number of benzene rings is 6. The van der Waals surface area contributed by atoms with Crippen molar-refractivity contribution in [2.45, 2.75) is 110 Å². The number of nitrogens with zero attached hydrogens (tertiary/aromatic N) is 1. The van der Waals surface area contributed by atoms with Crippen molar-refractivity contribution in [2.24, 2.45) is 0 Å². The molecular weight excluding hydrogens is 627 g/mol. The summed E-state index contributed by atoms with van der Waals surface area (Å²) in [4.78, 5) is 2.57. The van der Waals surface area contributed by atoms with Gasteiger partial charge in [-0.05, 0) is 115 Å². The molecule has 0 radical (unpaired) electrons. The minimum Gasteiger partial charge on any atom is -0.310 e. The highest BCUT2D eigenvalue weighted by molar-refractivity contribution is 6.03. The minimum absolute atomic E-state index is 0.00665. The van der Waals surface area contributed by atoms with E-state index in [1.54, 1.807) is 0 Å². The zero-order valence-corrected chi connectivity index (χ0v) is 32.6. The SMILES string of the molecule is CC(C)(C)c1cc(N(c2ccc3c(c2)C(C)(C)c2ccccc2-3)c2ccccc2-c2cccc3cccc(C4CCCCC4)c23)cc(C(C)(C)C)c1. The molecule has 0 N–H and O–H groups in total. The third kappa shape index (κ3) is 5.97. The summed E-state index contributed by atoms with van der Waals surface area (Å²) >= 11 is 0. The van der Waals surface area contributed by atoms with Crippen molar-refractivity contribution in [3.05, 3.63) is 149 Å². The number of hydrogen-bond acceptors (Lipinski definition) is 1. The molecule has 2 aliphatic rings. The molecule has 1 nitrogen and oxygen atoms in total. The molecule has 0 unspecified atom stereocenters. The minimum atomic E-state index is -0.0958. The van der Waals surface area contributed by atoms with Gasteiger partial charge in [-0.25, -0.2) is 0 Å². The molecule has 1 fully saturated rings. The maximum absolute atomic E-state index is 2.57. The Kier molecular flexibility index (Phi) is 8.48. The molecule has 1 saturated carbocycles. The zero-order chi connectivity index (χ0) is 36.4. The molecule has 0 bridgehead atoms. The van der Waals surface area contributed by atoms with Crippen LogP contribution in [-0.4, -0.2) is 0 Å². The summed E-state index contributed by atoms with van der Waals surface area (Å²) in [6.07, 6.45) is 6.57. The second kappa shape index (κ2) is 12.8. The maximum Gasteiger partial charge on any atom is 0.0540 e. The molecule has 0 aliphatic heterocycles. The third-order valence-electron chi connectivity index (χ3n) is 12.2. The van der Waals surface area contributed by atoms with E-state index in [4.69, 9.17) is 0 Å². The summed E-state index contributed by atoms with van der Waals surface area (Å²) in [7, 11) is 0. The first kappa shape index (κ1) is 34.5. The number of para-hydroxylation sites is 1. The van der Waals surface area contributed by atoms with Gasteiger partial charge in [0.25, 0.3) is 0 Å². The van der Waals surface area contributed by atoms with Crippen molar-refractivity contribution >= 4 is 27.8 Å². The topological polar surface area (TPSA) is 3.24 Å². The van der Waals surface area contributed by atoms with Gasteiger partial charge in [0, 0.05) is 22.4 Å². The molecule has 0 spiro atoms. The van der Waals surface area contributed by atoms with Crippen LogP contribution in [0.2, 0.25) is 0 Å². The Morgan fingerprint density at radius 3 is 1.81 bits per heavy atom. The first-order chi connectivity index (χ1) is 24.8.